The van der Waals surface area contributed by atoms with E-state index in [0.717, 1.165) is 30.8 Å². The van der Waals surface area contributed by atoms with Gasteiger partial charge in [0.1, 0.15) is 13.2 Å². The number of fused-ring (bicyclic) bond motifs is 1. The molecule has 1 fully saturated rings. The highest BCUT2D eigenvalue weighted by atomic mass is 35.5. The fourth-order valence-electron chi connectivity index (χ4n) is 3.71. The molecule has 1 saturated carbocycles. The number of hydrogen-bond acceptors (Lipinski definition) is 4. The van der Waals surface area contributed by atoms with Crippen molar-refractivity contribution < 1.29 is 14.3 Å². The number of halogens is 1. The molecule has 1 aromatic carbocycles. The second-order valence-electron chi connectivity index (χ2n) is 7.14. The second kappa shape index (κ2) is 8.77. The first-order chi connectivity index (χ1) is 11.6. The third-order valence-corrected chi connectivity index (χ3v) is 5.17. The fraction of sp³-hybridized carbons (Fsp3) is 0.632. The van der Waals surface area contributed by atoms with Crippen molar-refractivity contribution in [3.63, 3.8) is 0 Å². The minimum atomic E-state index is 0. The quantitative estimate of drug-likeness (QED) is 0.809. The molecule has 25 heavy (non-hydrogen) atoms. The van der Waals surface area contributed by atoms with Crippen LogP contribution in [0.5, 0.6) is 11.5 Å². The standard InChI is InChI=1S/C19H28N2O3.ClH/c1-14(20)4-7-18(22)21-13-19(8-2-3-9-19)15-5-6-16-17(12-15)24-11-10-23-16;/h5-6,12,14H,2-4,7-11,13,20H2,1H3,(H,21,22);1H. The monoisotopic (exact) mass is 368 g/mol. The van der Waals surface area contributed by atoms with Gasteiger partial charge in [0.05, 0.1) is 0 Å². The molecule has 1 atom stereocenters. The highest BCUT2D eigenvalue weighted by Crippen LogP contribution is 2.43. The summed E-state index contributed by atoms with van der Waals surface area (Å²) in [5.74, 6) is 1.74. The van der Waals surface area contributed by atoms with Crippen molar-refractivity contribution in [2.75, 3.05) is 19.8 Å². The van der Waals surface area contributed by atoms with E-state index < -0.39 is 0 Å². The number of carbonyl (C=O) groups is 1. The van der Waals surface area contributed by atoms with Crippen molar-refractivity contribution >= 4 is 18.3 Å². The summed E-state index contributed by atoms with van der Waals surface area (Å²) < 4.78 is 11.4. The Balaban J connectivity index is 0.00000225. The molecule has 140 valence electrons. The predicted molar refractivity (Wildman–Crippen MR) is 101 cm³/mol. The average Bonchev–Trinajstić information content (AvgIpc) is 3.08. The molecule has 3 rings (SSSR count). The molecular formula is C19H29ClN2O3. The fourth-order valence-corrected chi connectivity index (χ4v) is 3.71. The maximum atomic E-state index is 12.1. The van der Waals surface area contributed by atoms with E-state index in [0.29, 0.717) is 26.2 Å². The Bertz CT molecular complexity index is 586. The van der Waals surface area contributed by atoms with Crippen LogP contribution in [0.3, 0.4) is 0 Å². The topological polar surface area (TPSA) is 73.6 Å². The maximum absolute atomic E-state index is 12.1. The van der Waals surface area contributed by atoms with Gasteiger partial charge in [-0.05, 0) is 43.9 Å². The first-order valence-electron chi connectivity index (χ1n) is 9.01. The molecule has 1 aliphatic heterocycles. The van der Waals surface area contributed by atoms with E-state index in [1.54, 1.807) is 0 Å². The van der Waals surface area contributed by atoms with Gasteiger partial charge in [-0.1, -0.05) is 18.9 Å². The van der Waals surface area contributed by atoms with Crippen LogP contribution in [-0.4, -0.2) is 31.7 Å². The summed E-state index contributed by atoms with van der Waals surface area (Å²) >= 11 is 0. The molecule has 1 unspecified atom stereocenters. The number of hydrogen-bond donors (Lipinski definition) is 2. The van der Waals surface area contributed by atoms with Crippen molar-refractivity contribution in [2.24, 2.45) is 5.73 Å². The maximum Gasteiger partial charge on any atom is 0.220 e. The highest BCUT2D eigenvalue weighted by Gasteiger charge is 2.36. The van der Waals surface area contributed by atoms with Gasteiger partial charge in [0.2, 0.25) is 5.91 Å². The van der Waals surface area contributed by atoms with Crippen LogP contribution >= 0.6 is 12.4 Å². The third-order valence-electron chi connectivity index (χ3n) is 5.17. The van der Waals surface area contributed by atoms with E-state index in [-0.39, 0.29) is 29.8 Å². The van der Waals surface area contributed by atoms with E-state index in [9.17, 15) is 4.79 Å². The Morgan fingerprint density at radius 3 is 2.60 bits per heavy atom. The Labute approximate surface area is 156 Å². The van der Waals surface area contributed by atoms with Crippen molar-refractivity contribution in [1.82, 2.24) is 5.32 Å². The van der Waals surface area contributed by atoms with Crippen molar-refractivity contribution in [3.05, 3.63) is 23.8 Å². The molecule has 0 radical (unpaired) electrons. The van der Waals surface area contributed by atoms with E-state index in [1.165, 1.54) is 18.4 Å². The van der Waals surface area contributed by atoms with Crippen LogP contribution in [0.4, 0.5) is 0 Å². The van der Waals surface area contributed by atoms with Crippen LogP contribution in [0, 0.1) is 0 Å². The summed E-state index contributed by atoms with van der Waals surface area (Å²) in [6.45, 7) is 3.82. The van der Waals surface area contributed by atoms with E-state index >= 15 is 0 Å². The van der Waals surface area contributed by atoms with Gasteiger partial charge in [0.15, 0.2) is 11.5 Å². The van der Waals surface area contributed by atoms with E-state index in [1.807, 2.05) is 13.0 Å². The molecule has 1 aliphatic carbocycles. The number of carbonyl (C=O) groups excluding carboxylic acids is 1. The lowest BCUT2D eigenvalue weighted by Crippen LogP contribution is -2.39. The lowest BCUT2D eigenvalue weighted by molar-refractivity contribution is -0.121. The van der Waals surface area contributed by atoms with Crippen LogP contribution in [0.1, 0.15) is 51.0 Å². The minimum Gasteiger partial charge on any atom is -0.486 e. The van der Waals surface area contributed by atoms with E-state index in [4.69, 9.17) is 15.2 Å². The van der Waals surface area contributed by atoms with Crippen LogP contribution in [-0.2, 0) is 10.2 Å². The molecule has 2 aliphatic rings. The minimum absolute atomic E-state index is 0. The smallest absolute Gasteiger partial charge is 0.220 e. The molecule has 6 heteroatoms. The number of benzene rings is 1. The van der Waals surface area contributed by atoms with Crippen LogP contribution in [0.25, 0.3) is 0 Å². The first kappa shape index (κ1) is 19.9. The average molecular weight is 369 g/mol. The molecule has 1 aromatic rings. The second-order valence-corrected chi connectivity index (χ2v) is 7.14. The van der Waals surface area contributed by atoms with Gasteiger partial charge in [0, 0.05) is 24.4 Å². The number of ether oxygens (including phenoxy) is 2. The van der Waals surface area contributed by atoms with Crippen molar-refractivity contribution in [1.29, 1.82) is 0 Å². The van der Waals surface area contributed by atoms with Gasteiger partial charge in [-0.15, -0.1) is 12.4 Å². The third kappa shape index (κ3) is 4.79. The lowest BCUT2D eigenvalue weighted by atomic mass is 9.78. The summed E-state index contributed by atoms with van der Waals surface area (Å²) in [6.07, 6.45) is 5.81. The summed E-state index contributed by atoms with van der Waals surface area (Å²) in [6, 6.07) is 6.30. The van der Waals surface area contributed by atoms with Crippen LogP contribution < -0.4 is 20.5 Å². The van der Waals surface area contributed by atoms with Gasteiger partial charge < -0.3 is 20.5 Å². The lowest BCUT2D eigenvalue weighted by Gasteiger charge is -2.31. The number of nitrogens with two attached hydrogens (primary N) is 1. The molecule has 1 heterocycles. The van der Waals surface area contributed by atoms with Crippen LogP contribution in [0.2, 0.25) is 0 Å². The zero-order chi connectivity index (χ0) is 17.0. The normalized spacial score (nSPS) is 19.0. The Morgan fingerprint density at radius 2 is 1.92 bits per heavy atom. The molecule has 0 spiro atoms. The number of rotatable bonds is 6. The first-order valence-corrected chi connectivity index (χ1v) is 9.01. The Hall–Kier alpha value is -1.46. The Morgan fingerprint density at radius 1 is 1.24 bits per heavy atom. The molecule has 5 nitrogen and oxygen atoms in total. The zero-order valence-electron chi connectivity index (χ0n) is 14.9. The summed E-state index contributed by atoms with van der Waals surface area (Å²) in [5, 5.41) is 3.13. The van der Waals surface area contributed by atoms with Gasteiger partial charge in [0.25, 0.3) is 0 Å². The molecule has 3 N–H and O–H groups in total. The van der Waals surface area contributed by atoms with Crippen molar-refractivity contribution in [3.8, 4) is 11.5 Å². The van der Waals surface area contributed by atoms with Gasteiger partial charge in [-0.25, -0.2) is 0 Å². The molecule has 1 amide bonds. The Kier molecular flexibility index (Phi) is 6.96. The van der Waals surface area contributed by atoms with E-state index in [2.05, 4.69) is 17.4 Å². The SMILES string of the molecule is CC(N)CCC(=O)NCC1(c2ccc3c(c2)OCCO3)CCCC1.Cl. The molecule has 0 saturated heterocycles. The molecular weight excluding hydrogens is 340 g/mol. The number of amides is 1. The molecule has 0 bridgehead atoms. The van der Waals surface area contributed by atoms with Gasteiger partial charge in [-0.2, -0.15) is 0 Å². The van der Waals surface area contributed by atoms with Crippen molar-refractivity contribution in [2.45, 2.75) is 56.9 Å². The summed E-state index contributed by atoms with van der Waals surface area (Å²) in [4.78, 5) is 12.1. The predicted octanol–water partition coefficient (Wildman–Crippen LogP) is 2.94. The van der Waals surface area contributed by atoms with Gasteiger partial charge >= 0.3 is 0 Å². The summed E-state index contributed by atoms with van der Waals surface area (Å²) in [5.41, 5.74) is 7.00. The van der Waals surface area contributed by atoms with Gasteiger partial charge in [-0.3, -0.25) is 4.79 Å². The number of nitrogens with one attached hydrogen (secondary N) is 1. The highest BCUT2D eigenvalue weighted by molar-refractivity contribution is 5.85. The summed E-state index contributed by atoms with van der Waals surface area (Å²) in [7, 11) is 0. The largest absolute Gasteiger partial charge is 0.486 e. The molecule has 0 aromatic heterocycles. The van der Waals surface area contributed by atoms with Crippen LogP contribution in [0.15, 0.2) is 18.2 Å². The zero-order valence-corrected chi connectivity index (χ0v) is 15.7.